The van der Waals surface area contributed by atoms with Gasteiger partial charge in [-0.1, -0.05) is 30.3 Å². The second kappa shape index (κ2) is 8.14. The van der Waals surface area contributed by atoms with Gasteiger partial charge >= 0.3 is 0 Å². The molecule has 0 saturated carbocycles. The lowest BCUT2D eigenvalue weighted by Gasteiger charge is -2.15. The summed E-state index contributed by atoms with van der Waals surface area (Å²) in [5.74, 6) is -0.984. The second-order valence-corrected chi connectivity index (χ2v) is 6.72. The molecule has 2 aromatic rings. The number of benzene rings is 2. The van der Waals surface area contributed by atoms with Crippen LogP contribution in [0.5, 0.6) is 5.75 Å². The van der Waals surface area contributed by atoms with E-state index in [4.69, 9.17) is 4.74 Å². The minimum atomic E-state index is -0.794. The first kappa shape index (κ1) is 18.1. The molecule has 1 saturated heterocycles. The standard InChI is InChI=1S/C19H18BrN3O3/c1-26-16-8-7-12(9-15(16)20)10-22-23-19(25)17-14(11-21-18(17)24)13-5-3-2-4-6-13/h2-10,14,17H,11H2,1H3,(H,21,24)(H,23,25)/b22-10-/t14-,17-/m0/s1. The number of nitrogens with one attached hydrogen (secondary N) is 2. The molecule has 2 atom stereocenters. The highest BCUT2D eigenvalue weighted by molar-refractivity contribution is 9.10. The number of hydrogen-bond acceptors (Lipinski definition) is 4. The Kier molecular flexibility index (Phi) is 5.68. The summed E-state index contributed by atoms with van der Waals surface area (Å²) in [6.07, 6.45) is 1.52. The highest BCUT2D eigenvalue weighted by Crippen LogP contribution is 2.29. The molecule has 0 aromatic heterocycles. The van der Waals surface area contributed by atoms with Crippen LogP contribution in [0.3, 0.4) is 0 Å². The Balaban J connectivity index is 1.68. The van der Waals surface area contributed by atoms with Crippen molar-refractivity contribution in [2.75, 3.05) is 13.7 Å². The van der Waals surface area contributed by atoms with Crippen LogP contribution in [0.2, 0.25) is 0 Å². The highest BCUT2D eigenvalue weighted by atomic mass is 79.9. The van der Waals surface area contributed by atoms with E-state index in [2.05, 4.69) is 31.8 Å². The van der Waals surface area contributed by atoms with Crippen LogP contribution in [0.25, 0.3) is 0 Å². The average molecular weight is 416 g/mol. The zero-order valence-corrected chi connectivity index (χ0v) is 15.7. The molecule has 0 bridgehead atoms. The molecule has 1 aliphatic rings. The van der Waals surface area contributed by atoms with Crippen molar-refractivity contribution >= 4 is 34.0 Å². The number of rotatable bonds is 5. The lowest BCUT2D eigenvalue weighted by atomic mass is 9.88. The van der Waals surface area contributed by atoms with Gasteiger partial charge in [-0.15, -0.1) is 0 Å². The molecule has 2 amide bonds. The van der Waals surface area contributed by atoms with Gasteiger partial charge in [-0.2, -0.15) is 5.10 Å². The zero-order chi connectivity index (χ0) is 18.5. The average Bonchev–Trinajstić information content (AvgIpc) is 3.04. The molecule has 1 fully saturated rings. The monoisotopic (exact) mass is 415 g/mol. The molecule has 7 heteroatoms. The number of methoxy groups -OCH3 is 1. The third kappa shape index (κ3) is 3.94. The molecule has 0 spiro atoms. The molecule has 26 heavy (non-hydrogen) atoms. The van der Waals surface area contributed by atoms with Gasteiger partial charge in [-0.05, 0) is 45.3 Å². The van der Waals surface area contributed by atoms with E-state index in [0.29, 0.717) is 12.3 Å². The first-order valence-corrected chi connectivity index (χ1v) is 8.88. The van der Waals surface area contributed by atoms with Crippen LogP contribution in [-0.4, -0.2) is 31.7 Å². The number of carbonyl (C=O) groups excluding carboxylic acids is 2. The fraction of sp³-hybridized carbons (Fsp3) is 0.211. The summed E-state index contributed by atoms with van der Waals surface area (Å²) in [4.78, 5) is 24.6. The van der Waals surface area contributed by atoms with Crippen molar-refractivity contribution < 1.29 is 14.3 Å². The number of ether oxygens (including phenoxy) is 1. The topological polar surface area (TPSA) is 79.8 Å². The summed E-state index contributed by atoms with van der Waals surface area (Å²) in [5.41, 5.74) is 4.21. The van der Waals surface area contributed by atoms with E-state index < -0.39 is 11.8 Å². The molecule has 2 aromatic carbocycles. The van der Waals surface area contributed by atoms with E-state index in [1.54, 1.807) is 13.2 Å². The van der Waals surface area contributed by atoms with Gasteiger partial charge in [0.15, 0.2) is 0 Å². The first-order chi connectivity index (χ1) is 12.6. The fourth-order valence-electron chi connectivity index (χ4n) is 2.94. The molecule has 1 aliphatic heterocycles. The van der Waals surface area contributed by atoms with Gasteiger partial charge in [-0.25, -0.2) is 5.43 Å². The maximum absolute atomic E-state index is 12.5. The van der Waals surface area contributed by atoms with Crippen molar-refractivity contribution in [3.8, 4) is 5.75 Å². The van der Waals surface area contributed by atoms with E-state index in [1.165, 1.54) is 6.21 Å². The van der Waals surface area contributed by atoms with Gasteiger partial charge in [0.1, 0.15) is 11.7 Å². The van der Waals surface area contributed by atoms with E-state index >= 15 is 0 Å². The van der Waals surface area contributed by atoms with Crippen LogP contribution < -0.4 is 15.5 Å². The summed E-state index contributed by atoms with van der Waals surface area (Å²) >= 11 is 3.40. The third-order valence-electron chi connectivity index (χ3n) is 4.26. The van der Waals surface area contributed by atoms with Crippen LogP contribution in [-0.2, 0) is 9.59 Å². The highest BCUT2D eigenvalue weighted by Gasteiger charge is 2.40. The summed E-state index contributed by atoms with van der Waals surface area (Å²) in [7, 11) is 1.59. The largest absolute Gasteiger partial charge is 0.496 e. The van der Waals surface area contributed by atoms with E-state index in [-0.39, 0.29) is 11.8 Å². The van der Waals surface area contributed by atoms with Gasteiger partial charge in [0.2, 0.25) is 5.91 Å². The third-order valence-corrected chi connectivity index (χ3v) is 4.88. The molecule has 2 N–H and O–H groups in total. The molecule has 3 rings (SSSR count). The van der Waals surface area contributed by atoms with E-state index in [1.807, 2.05) is 42.5 Å². The smallest absolute Gasteiger partial charge is 0.253 e. The lowest BCUT2D eigenvalue weighted by molar-refractivity contribution is -0.133. The zero-order valence-electron chi connectivity index (χ0n) is 14.1. The molecule has 6 nitrogen and oxygen atoms in total. The quantitative estimate of drug-likeness (QED) is 0.447. The predicted octanol–water partition coefficient (Wildman–Crippen LogP) is 2.44. The van der Waals surface area contributed by atoms with Crippen LogP contribution in [0.15, 0.2) is 58.1 Å². The Bertz CT molecular complexity index is 839. The van der Waals surface area contributed by atoms with Gasteiger partial charge < -0.3 is 10.1 Å². The SMILES string of the molecule is COc1ccc(/C=N\NC(=O)[C@@H]2C(=O)NC[C@H]2c2ccccc2)cc1Br. The number of carbonyl (C=O) groups is 2. The first-order valence-electron chi connectivity index (χ1n) is 8.09. The van der Waals surface area contributed by atoms with Gasteiger partial charge in [0.25, 0.3) is 5.91 Å². The molecular weight excluding hydrogens is 398 g/mol. The maximum Gasteiger partial charge on any atom is 0.253 e. The summed E-state index contributed by atoms with van der Waals surface area (Å²) in [6.45, 7) is 0.441. The normalized spacial score (nSPS) is 19.4. The van der Waals surface area contributed by atoms with E-state index in [9.17, 15) is 9.59 Å². The number of hydrazone groups is 1. The fourth-order valence-corrected chi connectivity index (χ4v) is 3.49. The molecule has 0 radical (unpaired) electrons. The van der Waals surface area contributed by atoms with Crippen molar-refractivity contribution in [3.05, 3.63) is 64.1 Å². The van der Waals surface area contributed by atoms with Crippen LogP contribution in [0, 0.1) is 5.92 Å². The lowest BCUT2D eigenvalue weighted by Crippen LogP contribution is -2.34. The molecule has 1 heterocycles. The Morgan fingerprint density at radius 1 is 1.31 bits per heavy atom. The molecular formula is C19H18BrN3O3. The predicted molar refractivity (Wildman–Crippen MR) is 102 cm³/mol. The second-order valence-electron chi connectivity index (χ2n) is 5.87. The number of hydrogen-bond donors (Lipinski definition) is 2. The molecule has 0 unspecified atom stereocenters. The Hall–Kier alpha value is -2.67. The van der Waals surface area contributed by atoms with Crippen molar-refractivity contribution in [3.63, 3.8) is 0 Å². The molecule has 0 aliphatic carbocycles. The number of amides is 2. The Morgan fingerprint density at radius 2 is 2.08 bits per heavy atom. The minimum Gasteiger partial charge on any atom is -0.496 e. The maximum atomic E-state index is 12.5. The van der Waals surface area contributed by atoms with E-state index in [0.717, 1.165) is 15.6 Å². The van der Waals surface area contributed by atoms with Crippen LogP contribution in [0.4, 0.5) is 0 Å². The number of nitrogens with zero attached hydrogens (tertiary/aromatic N) is 1. The summed E-state index contributed by atoms with van der Waals surface area (Å²) in [5, 5.41) is 6.73. The van der Waals surface area contributed by atoms with Crippen LogP contribution in [0.1, 0.15) is 17.0 Å². The van der Waals surface area contributed by atoms with Gasteiger partial charge in [0.05, 0.1) is 17.8 Å². The van der Waals surface area contributed by atoms with Crippen LogP contribution >= 0.6 is 15.9 Å². The Labute approximate surface area is 159 Å². The van der Waals surface area contributed by atoms with Gasteiger partial charge in [-0.3, -0.25) is 9.59 Å². The van der Waals surface area contributed by atoms with Crippen molar-refractivity contribution in [1.29, 1.82) is 0 Å². The number of halogens is 1. The summed E-state index contributed by atoms with van der Waals surface area (Å²) < 4.78 is 5.96. The molecule has 134 valence electrons. The van der Waals surface area contributed by atoms with Crippen molar-refractivity contribution in [1.82, 2.24) is 10.7 Å². The Morgan fingerprint density at radius 3 is 2.77 bits per heavy atom. The summed E-state index contributed by atoms with van der Waals surface area (Å²) in [6, 6.07) is 15.0. The van der Waals surface area contributed by atoms with Crippen molar-refractivity contribution in [2.45, 2.75) is 5.92 Å². The van der Waals surface area contributed by atoms with Crippen molar-refractivity contribution in [2.24, 2.45) is 11.0 Å². The van der Waals surface area contributed by atoms with Gasteiger partial charge in [0, 0.05) is 12.5 Å². The minimum absolute atomic E-state index is 0.200.